The van der Waals surface area contributed by atoms with E-state index in [0.717, 1.165) is 12.0 Å². The summed E-state index contributed by atoms with van der Waals surface area (Å²) in [6, 6.07) is 0. The van der Waals surface area contributed by atoms with Crippen molar-refractivity contribution in [1.82, 2.24) is 0 Å². The van der Waals surface area contributed by atoms with Crippen LogP contribution >= 0.6 is 0 Å². The topological polar surface area (TPSA) is 26.3 Å². The van der Waals surface area contributed by atoms with Gasteiger partial charge in [-0.25, -0.2) is 4.79 Å². The van der Waals surface area contributed by atoms with E-state index in [1.54, 1.807) is 0 Å². The van der Waals surface area contributed by atoms with E-state index in [9.17, 15) is 4.79 Å². The van der Waals surface area contributed by atoms with E-state index < -0.39 is 0 Å². The van der Waals surface area contributed by atoms with E-state index in [1.165, 1.54) is 0 Å². The van der Waals surface area contributed by atoms with E-state index in [2.05, 4.69) is 0 Å². The third-order valence-corrected chi connectivity index (χ3v) is 1.67. The minimum absolute atomic E-state index is 0.183. The van der Waals surface area contributed by atoms with Crippen LogP contribution in [0.5, 0.6) is 0 Å². The summed E-state index contributed by atoms with van der Waals surface area (Å²) in [5.41, 5.74) is 0.386. The quantitative estimate of drug-likeness (QED) is 0.458. The molecule has 0 spiro atoms. The van der Waals surface area contributed by atoms with Gasteiger partial charge in [-0.3, -0.25) is 0 Å². The standard InChI is InChI=1S/C11H16O2/c1-11(2,3)13-10(12)9-7-5-4-6-8-9/h4-5,8H,6-7H2,1-3H3. The maximum Gasteiger partial charge on any atom is 0.334 e. The molecule has 0 aromatic carbocycles. The van der Waals surface area contributed by atoms with Crippen LogP contribution in [0.4, 0.5) is 0 Å². The zero-order valence-corrected chi connectivity index (χ0v) is 8.46. The average molecular weight is 180 g/mol. The van der Waals surface area contributed by atoms with Gasteiger partial charge in [-0.1, -0.05) is 18.2 Å². The molecule has 0 N–H and O–H groups in total. The molecular weight excluding hydrogens is 164 g/mol. The number of allylic oxidation sites excluding steroid dienone is 3. The zero-order chi connectivity index (χ0) is 9.90. The van der Waals surface area contributed by atoms with Gasteiger partial charge >= 0.3 is 5.97 Å². The minimum atomic E-state index is -0.390. The predicted molar refractivity (Wildman–Crippen MR) is 52.3 cm³/mol. The first-order valence-corrected chi connectivity index (χ1v) is 4.56. The van der Waals surface area contributed by atoms with Gasteiger partial charge in [-0.2, -0.15) is 0 Å². The number of ether oxygens (including phenoxy) is 1. The average Bonchev–Trinajstić information content (AvgIpc) is 2.03. The first-order chi connectivity index (χ1) is 5.99. The van der Waals surface area contributed by atoms with Crippen LogP contribution in [0.2, 0.25) is 0 Å². The minimum Gasteiger partial charge on any atom is -0.457 e. The Hall–Kier alpha value is -1.05. The third-order valence-electron chi connectivity index (χ3n) is 1.67. The van der Waals surface area contributed by atoms with Gasteiger partial charge in [0.15, 0.2) is 0 Å². The van der Waals surface area contributed by atoms with Gasteiger partial charge in [0.25, 0.3) is 0 Å². The lowest BCUT2D eigenvalue weighted by molar-refractivity contribution is -0.149. The molecule has 0 aromatic heterocycles. The van der Waals surface area contributed by atoms with Gasteiger partial charge in [0, 0.05) is 5.57 Å². The van der Waals surface area contributed by atoms with E-state index in [1.807, 2.05) is 39.0 Å². The Morgan fingerprint density at radius 1 is 1.38 bits per heavy atom. The highest BCUT2D eigenvalue weighted by atomic mass is 16.6. The van der Waals surface area contributed by atoms with Crippen molar-refractivity contribution in [2.24, 2.45) is 0 Å². The van der Waals surface area contributed by atoms with Crippen LogP contribution in [0.15, 0.2) is 23.8 Å². The molecular formula is C11H16O2. The number of esters is 1. The van der Waals surface area contributed by atoms with Crippen molar-refractivity contribution in [3.8, 4) is 0 Å². The summed E-state index contributed by atoms with van der Waals surface area (Å²) in [5, 5.41) is 0. The SMILES string of the molecule is CC(C)(C)OC(=O)C1=CCC=CC1. The molecule has 0 saturated heterocycles. The summed E-state index contributed by atoms with van der Waals surface area (Å²) in [4.78, 5) is 11.5. The largest absolute Gasteiger partial charge is 0.457 e. The third kappa shape index (κ3) is 3.45. The predicted octanol–water partition coefficient (Wildman–Crippen LogP) is 2.60. The smallest absolute Gasteiger partial charge is 0.334 e. The van der Waals surface area contributed by atoms with Crippen LogP contribution in [-0.4, -0.2) is 11.6 Å². The summed E-state index contributed by atoms with van der Waals surface area (Å²) in [6.45, 7) is 5.64. The lowest BCUT2D eigenvalue weighted by atomic mass is 10.1. The highest BCUT2D eigenvalue weighted by molar-refractivity contribution is 5.89. The Morgan fingerprint density at radius 2 is 2.08 bits per heavy atom. The van der Waals surface area contributed by atoms with Crippen molar-refractivity contribution in [2.45, 2.75) is 39.2 Å². The Balaban J connectivity index is 2.53. The molecule has 1 aliphatic rings. The fraction of sp³-hybridized carbons (Fsp3) is 0.545. The summed E-state index contributed by atoms with van der Waals surface area (Å²) in [7, 11) is 0. The van der Waals surface area contributed by atoms with Gasteiger partial charge in [0.05, 0.1) is 0 Å². The van der Waals surface area contributed by atoms with Gasteiger partial charge < -0.3 is 4.74 Å². The maximum absolute atomic E-state index is 11.5. The van der Waals surface area contributed by atoms with Gasteiger partial charge in [0.2, 0.25) is 0 Å². The van der Waals surface area contributed by atoms with Crippen LogP contribution in [-0.2, 0) is 9.53 Å². The molecule has 1 aliphatic carbocycles. The van der Waals surface area contributed by atoms with E-state index >= 15 is 0 Å². The van der Waals surface area contributed by atoms with E-state index in [0.29, 0.717) is 6.42 Å². The van der Waals surface area contributed by atoms with Gasteiger partial charge in [-0.05, 0) is 33.6 Å². The maximum atomic E-state index is 11.5. The van der Waals surface area contributed by atoms with Crippen LogP contribution in [0.25, 0.3) is 0 Å². The molecule has 13 heavy (non-hydrogen) atoms. The van der Waals surface area contributed by atoms with Crippen LogP contribution < -0.4 is 0 Å². The first kappa shape index (κ1) is 10.0. The van der Waals surface area contributed by atoms with Crippen molar-refractivity contribution < 1.29 is 9.53 Å². The second-order valence-corrected chi connectivity index (χ2v) is 4.14. The Kier molecular flexibility index (Phi) is 2.91. The summed E-state index contributed by atoms with van der Waals surface area (Å²) in [5.74, 6) is -0.183. The van der Waals surface area contributed by atoms with Crippen molar-refractivity contribution >= 4 is 5.97 Å². The fourth-order valence-electron chi connectivity index (χ4n) is 1.11. The van der Waals surface area contributed by atoms with Crippen LogP contribution in [0, 0.1) is 0 Å². The molecule has 0 bridgehead atoms. The molecule has 2 heteroatoms. The first-order valence-electron chi connectivity index (χ1n) is 4.56. The highest BCUT2D eigenvalue weighted by Gasteiger charge is 2.19. The molecule has 0 amide bonds. The van der Waals surface area contributed by atoms with E-state index in [4.69, 9.17) is 4.74 Å². The second kappa shape index (κ2) is 3.77. The number of hydrogen-bond donors (Lipinski definition) is 0. The second-order valence-electron chi connectivity index (χ2n) is 4.14. The molecule has 0 radical (unpaired) electrons. The lowest BCUT2D eigenvalue weighted by Crippen LogP contribution is -2.25. The molecule has 0 aliphatic heterocycles. The Morgan fingerprint density at radius 3 is 2.54 bits per heavy atom. The zero-order valence-electron chi connectivity index (χ0n) is 8.46. The van der Waals surface area contributed by atoms with Crippen molar-refractivity contribution in [3.05, 3.63) is 23.8 Å². The molecule has 0 heterocycles. The summed E-state index contributed by atoms with van der Waals surface area (Å²) >= 11 is 0. The molecule has 0 unspecified atom stereocenters. The Labute approximate surface area is 79.3 Å². The van der Waals surface area contributed by atoms with Gasteiger partial charge in [0.1, 0.15) is 5.60 Å². The molecule has 2 nitrogen and oxygen atoms in total. The van der Waals surface area contributed by atoms with Crippen molar-refractivity contribution in [1.29, 1.82) is 0 Å². The van der Waals surface area contributed by atoms with Crippen LogP contribution in [0.1, 0.15) is 33.6 Å². The number of hydrogen-bond acceptors (Lipinski definition) is 2. The lowest BCUT2D eigenvalue weighted by Gasteiger charge is -2.20. The normalized spacial score (nSPS) is 16.7. The van der Waals surface area contributed by atoms with Crippen molar-refractivity contribution in [3.63, 3.8) is 0 Å². The fourth-order valence-corrected chi connectivity index (χ4v) is 1.11. The highest BCUT2D eigenvalue weighted by Crippen LogP contribution is 2.16. The van der Waals surface area contributed by atoms with Crippen LogP contribution in [0.3, 0.4) is 0 Å². The molecule has 0 saturated carbocycles. The molecule has 0 fully saturated rings. The van der Waals surface area contributed by atoms with Gasteiger partial charge in [-0.15, -0.1) is 0 Å². The van der Waals surface area contributed by atoms with E-state index in [-0.39, 0.29) is 11.6 Å². The Bertz CT molecular complexity index is 254. The molecule has 0 atom stereocenters. The number of carbonyl (C=O) groups excluding carboxylic acids is 1. The number of rotatable bonds is 1. The number of carbonyl (C=O) groups is 1. The van der Waals surface area contributed by atoms with Crippen molar-refractivity contribution in [2.75, 3.05) is 0 Å². The summed E-state index contributed by atoms with van der Waals surface area (Å²) in [6.07, 6.45) is 7.52. The monoisotopic (exact) mass is 180 g/mol. The summed E-state index contributed by atoms with van der Waals surface area (Å²) < 4.78 is 5.24. The molecule has 0 aromatic rings. The molecule has 1 rings (SSSR count). The molecule has 72 valence electrons.